The van der Waals surface area contributed by atoms with Gasteiger partial charge in [-0.05, 0) is 14.1 Å². The molecule has 4 heterocycles. The van der Waals surface area contributed by atoms with E-state index >= 15 is 0 Å². The number of allylic oxidation sites excluding steroid dienone is 2. The van der Waals surface area contributed by atoms with Crippen molar-refractivity contribution in [2.75, 3.05) is 66.5 Å². The first-order valence-corrected chi connectivity index (χ1v) is 12.1. The fourth-order valence-electron chi connectivity index (χ4n) is 6.03. The quantitative estimate of drug-likeness (QED) is 0.484. The summed E-state index contributed by atoms with van der Waals surface area (Å²) in [6.07, 6.45) is 3.93. The van der Waals surface area contributed by atoms with Crippen molar-refractivity contribution in [2.45, 2.75) is 25.2 Å². The molecule has 0 aromatic carbocycles. The maximum absolute atomic E-state index is 11.2. The van der Waals surface area contributed by atoms with Gasteiger partial charge in [-0.1, -0.05) is 12.2 Å². The lowest BCUT2D eigenvalue weighted by Crippen LogP contribution is -2.44. The van der Waals surface area contributed by atoms with Crippen LogP contribution in [0.4, 0.5) is 0 Å². The van der Waals surface area contributed by atoms with Gasteiger partial charge in [0.1, 0.15) is 0 Å². The van der Waals surface area contributed by atoms with Gasteiger partial charge in [0.15, 0.2) is 23.5 Å². The highest BCUT2D eigenvalue weighted by molar-refractivity contribution is 5.71. The van der Waals surface area contributed by atoms with E-state index in [2.05, 4.69) is 33.7 Å². The Morgan fingerprint density at radius 1 is 0.559 bits per heavy atom. The van der Waals surface area contributed by atoms with Crippen molar-refractivity contribution in [3.63, 3.8) is 0 Å². The Labute approximate surface area is 199 Å². The summed E-state index contributed by atoms with van der Waals surface area (Å²) in [4.78, 5) is 8.96. The molecule has 10 heteroatoms. The minimum atomic E-state index is -0.408. The van der Waals surface area contributed by atoms with E-state index in [0.717, 1.165) is 52.4 Å². The van der Waals surface area contributed by atoms with Gasteiger partial charge < -0.3 is 30.2 Å². The predicted octanol–water partition coefficient (Wildman–Crippen LogP) is 0.669. The Balaban J connectivity index is 1.34. The van der Waals surface area contributed by atoms with Crippen molar-refractivity contribution < 1.29 is 20.4 Å². The van der Waals surface area contributed by atoms with Gasteiger partial charge >= 0.3 is 0 Å². The van der Waals surface area contributed by atoms with Gasteiger partial charge in [0.25, 0.3) is 0 Å². The van der Waals surface area contributed by atoms with E-state index < -0.39 is 11.8 Å². The zero-order valence-corrected chi connectivity index (χ0v) is 19.9. The molecule has 4 N–H and O–H groups in total. The Morgan fingerprint density at radius 3 is 1.15 bits per heavy atom. The molecule has 0 spiro atoms. The minimum absolute atomic E-state index is 0.0436. The molecule has 0 radical (unpaired) electrons. The second-order valence-electron chi connectivity index (χ2n) is 10.3. The molecular weight excluding hydrogens is 436 g/mol. The van der Waals surface area contributed by atoms with Crippen molar-refractivity contribution >= 4 is 0 Å². The summed E-state index contributed by atoms with van der Waals surface area (Å²) in [7, 11) is 4.19. The third-order valence-corrected chi connectivity index (χ3v) is 8.18. The number of hydrogen-bond acceptors (Lipinski definition) is 8. The van der Waals surface area contributed by atoms with Crippen molar-refractivity contribution in [2.24, 2.45) is 0 Å². The Morgan fingerprint density at radius 2 is 0.853 bits per heavy atom. The summed E-state index contributed by atoms with van der Waals surface area (Å²) in [5.74, 6) is -0.642. The van der Waals surface area contributed by atoms with E-state index in [1.54, 1.807) is 9.13 Å². The lowest BCUT2D eigenvalue weighted by atomic mass is 9.70. The molecule has 2 saturated heterocycles. The first kappa shape index (κ1) is 21.8. The number of likely N-dealkylation sites (N-methyl/N-ethyl adjacent to an activating group) is 2. The van der Waals surface area contributed by atoms with Crippen LogP contribution in [0, 0.1) is 0 Å². The van der Waals surface area contributed by atoms with Gasteiger partial charge in [0.2, 0.25) is 0 Å². The number of hydrogen-bond donors (Lipinski definition) is 4. The van der Waals surface area contributed by atoms with Crippen LogP contribution >= 0.6 is 0 Å². The summed E-state index contributed by atoms with van der Waals surface area (Å²) in [6.45, 7) is 8.04. The summed E-state index contributed by atoms with van der Waals surface area (Å²) in [5.41, 5.74) is 2.55. The molecule has 0 amide bonds. The molecular formula is C24H34N6O4. The van der Waals surface area contributed by atoms with Crippen LogP contribution < -0.4 is 0 Å². The van der Waals surface area contributed by atoms with Gasteiger partial charge in [0, 0.05) is 86.4 Å². The maximum Gasteiger partial charge on any atom is 0.199 e. The van der Waals surface area contributed by atoms with Crippen LogP contribution in [0.3, 0.4) is 0 Å². The smallest absolute Gasteiger partial charge is 0.199 e. The molecule has 10 nitrogen and oxygen atoms in total. The van der Waals surface area contributed by atoms with E-state index in [4.69, 9.17) is 0 Å². The molecule has 2 aromatic rings. The average Bonchev–Trinajstić information content (AvgIpc) is 3.25. The maximum atomic E-state index is 11.2. The SMILES string of the molecule is CN1CCN(Cn2c(O)c3c(c2O)C2C=CC3c3c2c(O)n(CN2CCN(C)CC2)c3O)CC1. The molecule has 7 rings (SSSR count). The second-order valence-corrected chi connectivity index (χ2v) is 10.3. The zero-order valence-electron chi connectivity index (χ0n) is 19.9. The molecule has 3 aliphatic carbocycles. The van der Waals surface area contributed by atoms with Gasteiger partial charge in [-0.25, -0.2) is 0 Å². The normalized spacial score (nSPS) is 25.7. The van der Waals surface area contributed by atoms with Crippen molar-refractivity contribution in [3.8, 4) is 23.5 Å². The summed E-state index contributed by atoms with van der Waals surface area (Å²) < 4.78 is 3.14. The molecule has 0 unspecified atom stereocenters. The third-order valence-electron chi connectivity index (χ3n) is 8.18. The van der Waals surface area contributed by atoms with Crippen LogP contribution in [0.5, 0.6) is 23.5 Å². The molecule has 5 aliphatic rings. The van der Waals surface area contributed by atoms with E-state index in [-0.39, 0.29) is 23.5 Å². The summed E-state index contributed by atoms with van der Waals surface area (Å²) in [6, 6.07) is 0. The van der Waals surface area contributed by atoms with Crippen LogP contribution in [0.2, 0.25) is 0 Å². The molecule has 34 heavy (non-hydrogen) atoms. The Hall–Kier alpha value is -2.66. The van der Waals surface area contributed by atoms with Crippen molar-refractivity contribution in [1.29, 1.82) is 0 Å². The number of aromatic hydroxyl groups is 4. The number of aromatic nitrogens is 2. The largest absolute Gasteiger partial charge is 0.494 e. The van der Waals surface area contributed by atoms with Crippen LogP contribution in [0.15, 0.2) is 12.2 Å². The monoisotopic (exact) mass is 470 g/mol. The van der Waals surface area contributed by atoms with Crippen LogP contribution in [0.25, 0.3) is 0 Å². The lowest BCUT2D eigenvalue weighted by molar-refractivity contribution is 0.117. The molecule has 2 fully saturated rings. The fraction of sp³-hybridized carbons (Fsp3) is 0.583. The van der Waals surface area contributed by atoms with Crippen LogP contribution in [-0.2, 0) is 13.3 Å². The fourth-order valence-corrected chi connectivity index (χ4v) is 6.03. The van der Waals surface area contributed by atoms with E-state index in [9.17, 15) is 20.4 Å². The van der Waals surface area contributed by atoms with E-state index in [1.807, 2.05) is 12.2 Å². The molecule has 184 valence electrons. The topological polar surface area (TPSA) is 104 Å². The van der Waals surface area contributed by atoms with E-state index in [0.29, 0.717) is 35.6 Å². The highest BCUT2D eigenvalue weighted by Crippen LogP contribution is 2.60. The molecule has 0 atom stereocenters. The first-order valence-electron chi connectivity index (χ1n) is 12.1. The highest BCUT2D eigenvalue weighted by atomic mass is 16.3. The van der Waals surface area contributed by atoms with Crippen LogP contribution in [-0.4, -0.2) is 116 Å². The second kappa shape index (κ2) is 7.94. The van der Waals surface area contributed by atoms with Crippen molar-refractivity contribution in [1.82, 2.24) is 28.7 Å². The molecule has 2 aromatic heterocycles. The lowest BCUT2D eigenvalue weighted by Gasteiger charge is -2.32. The minimum Gasteiger partial charge on any atom is -0.494 e. The molecule has 0 saturated carbocycles. The Kier molecular flexibility index (Phi) is 5.10. The van der Waals surface area contributed by atoms with Gasteiger partial charge in [-0.15, -0.1) is 0 Å². The first-order chi connectivity index (χ1) is 16.3. The van der Waals surface area contributed by atoms with Crippen LogP contribution in [0.1, 0.15) is 34.1 Å². The Bertz CT molecular complexity index is 994. The highest BCUT2D eigenvalue weighted by Gasteiger charge is 2.46. The van der Waals surface area contributed by atoms with E-state index in [1.165, 1.54) is 0 Å². The number of nitrogens with zero attached hydrogens (tertiary/aromatic N) is 6. The summed E-state index contributed by atoms with van der Waals surface area (Å²) in [5, 5.41) is 44.8. The standard InChI is InChI=1S/C24H34N6O4/c1-25-5-9-27(10-6-25)13-29-21(31)17-15-3-4-16(18(17)22(29)32)20-19(15)23(33)30(24(20)34)14-28-11-7-26(2)8-12-28/h3-4,15-16,31-34H,5-14H2,1-2H3. The summed E-state index contributed by atoms with van der Waals surface area (Å²) >= 11 is 0. The number of piperazine rings is 2. The molecule has 2 bridgehead atoms. The zero-order chi connectivity index (χ0) is 23.7. The van der Waals surface area contributed by atoms with Gasteiger partial charge in [-0.3, -0.25) is 18.9 Å². The van der Waals surface area contributed by atoms with Gasteiger partial charge in [0.05, 0.1) is 13.3 Å². The average molecular weight is 471 g/mol. The van der Waals surface area contributed by atoms with Gasteiger partial charge in [-0.2, -0.15) is 0 Å². The van der Waals surface area contributed by atoms with Crippen molar-refractivity contribution in [3.05, 3.63) is 34.4 Å². The molecule has 2 aliphatic heterocycles. The third kappa shape index (κ3) is 3.16. The predicted molar refractivity (Wildman–Crippen MR) is 126 cm³/mol. The number of rotatable bonds is 4.